The number of carbonyl (C=O) groups excluding carboxylic acids is 1. The largest absolute Gasteiger partial charge is 0.370 e. The van der Waals surface area contributed by atoms with Gasteiger partial charge in [0.1, 0.15) is 0 Å². The Morgan fingerprint density at radius 3 is 2.23 bits per heavy atom. The minimum absolute atomic E-state index is 0.0468. The second-order valence-corrected chi connectivity index (χ2v) is 6.13. The number of guanidine groups is 1. The lowest BCUT2D eigenvalue weighted by molar-refractivity contribution is 0.201. The summed E-state index contributed by atoms with van der Waals surface area (Å²) < 4.78 is 0. The highest BCUT2D eigenvalue weighted by Crippen LogP contribution is 2.27. The van der Waals surface area contributed by atoms with E-state index >= 15 is 0 Å². The maximum Gasteiger partial charge on any atom is 0.331 e. The Morgan fingerprint density at radius 2 is 1.73 bits per heavy atom. The number of amides is 2. The third-order valence-electron chi connectivity index (χ3n) is 4.47. The Kier molecular flexibility index (Phi) is 5.06. The molecule has 5 nitrogen and oxygen atoms in total. The second kappa shape index (κ2) is 6.81. The average Bonchev–Trinajstić information content (AvgIpc) is 2.47. The number of nitrogens with zero attached hydrogens (tertiary/aromatic N) is 2. The van der Waals surface area contributed by atoms with E-state index in [4.69, 9.17) is 11.1 Å². The van der Waals surface area contributed by atoms with E-state index in [2.05, 4.69) is 0 Å². The summed E-state index contributed by atoms with van der Waals surface area (Å²) in [6.45, 7) is 3.98. The molecule has 0 bridgehead atoms. The van der Waals surface area contributed by atoms with Gasteiger partial charge in [0, 0.05) is 13.1 Å². The molecule has 0 spiro atoms. The van der Waals surface area contributed by atoms with Crippen LogP contribution in [0.4, 0.5) is 10.5 Å². The number of hydrogen-bond donors (Lipinski definition) is 2. The normalized spacial score (nSPS) is 15.4. The van der Waals surface area contributed by atoms with Crippen molar-refractivity contribution in [2.75, 3.05) is 11.9 Å². The van der Waals surface area contributed by atoms with E-state index in [1.54, 1.807) is 11.9 Å². The van der Waals surface area contributed by atoms with Crippen LogP contribution in [-0.4, -0.2) is 30.0 Å². The van der Waals surface area contributed by atoms with E-state index in [0.717, 1.165) is 42.5 Å². The molecule has 1 aliphatic rings. The van der Waals surface area contributed by atoms with Crippen molar-refractivity contribution in [2.45, 2.75) is 52.0 Å². The first-order valence-electron chi connectivity index (χ1n) is 7.90. The van der Waals surface area contributed by atoms with Crippen LogP contribution in [0.3, 0.4) is 0 Å². The highest BCUT2D eigenvalue weighted by molar-refractivity contribution is 6.03. The van der Waals surface area contributed by atoms with E-state index in [1.807, 2.05) is 32.0 Å². The molecule has 2 rings (SSSR count). The Hall–Kier alpha value is -2.04. The molecule has 1 aromatic rings. The van der Waals surface area contributed by atoms with Gasteiger partial charge in [-0.2, -0.15) is 0 Å². The zero-order chi connectivity index (χ0) is 16.3. The molecule has 120 valence electrons. The van der Waals surface area contributed by atoms with Gasteiger partial charge in [-0.05, 0) is 37.8 Å². The van der Waals surface area contributed by atoms with Crippen LogP contribution in [0.2, 0.25) is 0 Å². The zero-order valence-electron chi connectivity index (χ0n) is 13.7. The van der Waals surface area contributed by atoms with Gasteiger partial charge < -0.3 is 5.73 Å². The van der Waals surface area contributed by atoms with Crippen molar-refractivity contribution < 1.29 is 4.79 Å². The van der Waals surface area contributed by atoms with E-state index in [1.165, 1.54) is 11.3 Å². The molecule has 3 N–H and O–H groups in total. The number of hydrogen-bond acceptors (Lipinski definition) is 2. The summed E-state index contributed by atoms with van der Waals surface area (Å²) in [6.07, 6.45) is 5.23. The van der Waals surface area contributed by atoms with Crippen molar-refractivity contribution in [3.63, 3.8) is 0 Å². The SMILES string of the molecule is Cc1cccc(C)c1N(C)C(=O)N(C(=N)N)C1CCCCC1. The molecule has 0 aliphatic heterocycles. The molecule has 1 aliphatic carbocycles. The topological polar surface area (TPSA) is 73.4 Å². The third kappa shape index (κ3) is 3.24. The lowest BCUT2D eigenvalue weighted by Gasteiger charge is -2.36. The van der Waals surface area contributed by atoms with Crippen molar-refractivity contribution in [1.82, 2.24) is 4.90 Å². The maximum absolute atomic E-state index is 12.9. The molecule has 0 unspecified atom stereocenters. The molecule has 1 saturated carbocycles. The van der Waals surface area contributed by atoms with Crippen LogP contribution in [0.25, 0.3) is 0 Å². The number of benzene rings is 1. The van der Waals surface area contributed by atoms with Crippen molar-refractivity contribution in [1.29, 1.82) is 5.41 Å². The van der Waals surface area contributed by atoms with Gasteiger partial charge in [-0.15, -0.1) is 0 Å². The molecule has 5 heteroatoms. The van der Waals surface area contributed by atoms with Crippen LogP contribution in [0, 0.1) is 19.3 Å². The van der Waals surface area contributed by atoms with Crippen LogP contribution in [0.5, 0.6) is 0 Å². The molecule has 0 atom stereocenters. The monoisotopic (exact) mass is 302 g/mol. The number of rotatable bonds is 2. The maximum atomic E-state index is 12.9. The van der Waals surface area contributed by atoms with Gasteiger partial charge in [0.25, 0.3) is 0 Å². The summed E-state index contributed by atoms with van der Waals surface area (Å²) in [5.41, 5.74) is 8.71. The Bertz CT molecular complexity index is 544. The fraction of sp³-hybridized carbons (Fsp3) is 0.529. The summed E-state index contributed by atoms with van der Waals surface area (Å²) in [6, 6.07) is 5.80. The Morgan fingerprint density at radius 1 is 1.18 bits per heavy atom. The molecule has 0 saturated heterocycles. The zero-order valence-corrected chi connectivity index (χ0v) is 13.7. The van der Waals surface area contributed by atoms with Crippen LogP contribution in [-0.2, 0) is 0 Å². The summed E-state index contributed by atoms with van der Waals surface area (Å²) in [4.78, 5) is 16.0. The van der Waals surface area contributed by atoms with Crippen molar-refractivity contribution in [3.05, 3.63) is 29.3 Å². The van der Waals surface area contributed by atoms with Gasteiger partial charge in [0.15, 0.2) is 5.96 Å². The van der Waals surface area contributed by atoms with Crippen LogP contribution in [0.1, 0.15) is 43.2 Å². The standard InChI is InChI=1S/C17H26N4O/c1-12-8-7-9-13(2)15(12)20(3)17(22)21(16(18)19)14-10-5-4-6-11-14/h7-9,14H,4-6,10-11H2,1-3H3,(H3,18,19). The van der Waals surface area contributed by atoms with E-state index in [9.17, 15) is 4.79 Å². The molecule has 0 radical (unpaired) electrons. The molecule has 1 aromatic carbocycles. The number of aryl methyl sites for hydroxylation is 2. The summed E-state index contributed by atoms with van der Waals surface area (Å²) in [7, 11) is 1.76. The van der Waals surface area contributed by atoms with Gasteiger partial charge in [0.2, 0.25) is 0 Å². The van der Waals surface area contributed by atoms with E-state index < -0.39 is 0 Å². The van der Waals surface area contributed by atoms with Crippen molar-refractivity contribution in [3.8, 4) is 0 Å². The quantitative estimate of drug-likeness (QED) is 0.649. The third-order valence-corrected chi connectivity index (χ3v) is 4.47. The van der Waals surface area contributed by atoms with Gasteiger partial charge in [-0.3, -0.25) is 15.2 Å². The smallest absolute Gasteiger partial charge is 0.331 e. The fourth-order valence-electron chi connectivity index (χ4n) is 3.39. The first-order valence-corrected chi connectivity index (χ1v) is 7.90. The number of para-hydroxylation sites is 1. The highest BCUT2D eigenvalue weighted by Gasteiger charge is 2.31. The predicted octanol–water partition coefficient (Wildman–Crippen LogP) is 3.39. The minimum Gasteiger partial charge on any atom is -0.370 e. The van der Waals surface area contributed by atoms with Crippen molar-refractivity contribution in [2.24, 2.45) is 5.73 Å². The highest BCUT2D eigenvalue weighted by atomic mass is 16.2. The van der Waals surface area contributed by atoms with Gasteiger partial charge in [-0.1, -0.05) is 37.5 Å². The molecule has 1 fully saturated rings. The first-order chi connectivity index (χ1) is 10.4. The molecule has 2 amide bonds. The molecule has 22 heavy (non-hydrogen) atoms. The number of urea groups is 1. The van der Waals surface area contributed by atoms with E-state index in [0.29, 0.717) is 0 Å². The van der Waals surface area contributed by atoms with Crippen LogP contribution >= 0.6 is 0 Å². The molecular formula is C17H26N4O. The molecule has 0 aromatic heterocycles. The van der Waals surface area contributed by atoms with Gasteiger partial charge in [-0.25, -0.2) is 4.79 Å². The van der Waals surface area contributed by atoms with Gasteiger partial charge in [0.05, 0.1) is 5.69 Å². The summed E-state index contributed by atoms with van der Waals surface area (Å²) in [5.74, 6) is -0.157. The number of nitrogens with one attached hydrogen (secondary N) is 1. The Balaban J connectivity index is 2.28. The summed E-state index contributed by atoms with van der Waals surface area (Å²) in [5, 5.41) is 7.84. The lowest BCUT2D eigenvalue weighted by atomic mass is 9.94. The lowest BCUT2D eigenvalue weighted by Crippen LogP contribution is -2.53. The van der Waals surface area contributed by atoms with E-state index in [-0.39, 0.29) is 18.0 Å². The number of nitrogens with two attached hydrogens (primary N) is 1. The summed E-state index contributed by atoms with van der Waals surface area (Å²) >= 11 is 0. The molecular weight excluding hydrogens is 276 g/mol. The average molecular weight is 302 g/mol. The van der Waals surface area contributed by atoms with Crippen LogP contribution < -0.4 is 10.6 Å². The first kappa shape index (κ1) is 16.3. The second-order valence-electron chi connectivity index (χ2n) is 6.13. The molecule has 0 heterocycles. The predicted molar refractivity (Wildman–Crippen MR) is 90.3 cm³/mol. The minimum atomic E-state index is -0.211. The Labute approximate surface area is 132 Å². The number of carbonyl (C=O) groups is 1. The fourth-order valence-corrected chi connectivity index (χ4v) is 3.39. The van der Waals surface area contributed by atoms with Crippen molar-refractivity contribution >= 4 is 17.7 Å². The van der Waals surface area contributed by atoms with Gasteiger partial charge >= 0.3 is 6.03 Å². The number of anilines is 1. The van der Waals surface area contributed by atoms with Crippen LogP contribution in [0.15, 0.2) is 18.2 Å².